The van der Waals surface area contributed by atoms with Gasteiger partial charge in [0.15, 0.2) is 5.82 Å². The van der Waals surface area contributed by atoms with Crippen LogP contribution in [0.1, 0.15) is 30.0 Å². The van der Waals surface area contributed by atoms with Crippen LogP contribution in [-0.2, 0) is 33.6 Å². The van der Waals surface area contributed by atoms with E-state index in [4.69, 9.17) is 16.3 Å². The molecule has 0 radical (unpaired) electrons. The highest BCUT2D eigenvalue weighted by Crippen LogP contribution is 2.31. The van der Waals surface area contributed by atoms with Crippen molar-refractivity contribution in [2.75, 3.05) is 13.7 Å². The summed E-state index contributed by atoms with van der Waals surface area (Å²) in [5.41, 5.74) is -1.58. The molecule has 0 aliphatic heterocycles. The summed E-state index contributed by atoms with van der Waals surface area (Å²) in [5, 5.41) is 9.44. The maximum absolute atomic E-state index is 13.3. The molecule has 9 nitrogen and oxygen atoms in total. The first-order valence-electron chi connectivity index (χ1n) is 11.3. The minimum absolute atomic E-state index is 0.0341. The van der Waals surface area contributed by atoms with E-state index in [1.807, 2.05) is 0 Å². The van der Waals surface area contributed by atoms with Crippen LogP contribution in [0.4, 0.5) is 13.2 Å². The molecule has 4 rings (SSSR count). The lowest BCUT2D eigenvalue weighted by Gasteiger charge is -2.20. The Morgan fingerprint density at radius 3 is 2.65 bits per heavy atom. The van der Waals surface area contributed by atoms with E-state index in [0.717, 1.165) is 29.7 Å². The van der Waals surface area contributed by atoms with E-state index in [1.165, 1.54) is 35.1 Å². The van der Waals surface area contributed by atoms with E-state index in [0.29, 0.717) is 9.21 Å². The molecule has 1 unspecified atom stereocenters. The predicted molar refractivity (Wildman–Crippen MR) is 130 cm³/mol. The number of nitrogens with one attached hydrogen (secondary N) is 2. The minimum Gasteiger partial charge on any atom is -0.383 e. The van der Waals surface area contributed by atoms with Gasteiger partial charge in [-0.2, -0.15) is 13.2 Å². The average molecular weight is 558 g/mol. The van der Waals surface area contributed by atoms with E-state index < -0.39 is 41.8 Å². The number of carbonyl (C=O) groups excluding carboxylic acids is 2. The summed E-state index contributed by atoms with van der Waals surface area (Å²) in [5.74, 6) is -1.13. The van der Waals surface area contributed by atoms with Crippen LogP contribution in [0.3, 0.4) is 0 Å². The Kier molecular flexibility index (Phi) is 8.05. The van der Waals surface area contributed by atoms with Gasteiger partial charge in [0, 0.05) is 13.2 Å². The summed E-state index contributed by atoms with van der Waals surface area (Å²) in [4.78, 5) is 39.4. The molecule has 14 heteroatoms. The zero-order valence-corrected chi connectivity index (χ0v) is 21.1. The third kappa shape index (κ3) is 6.59. The number of hydrogen-bond acceptors (Lipinski definition) is 6. The van der Waals surface area contributed by atoms with Crippen LogP contribution < -0.4 is 16.3 Å². The van der Waals surface area contributed by atoms with Crippen LogP contribution in [0.2, 0.25) is 4.34 Å². The predicted octanol–water partition coefficient (Wildman–Crippen LogP) is 3.23. The van der Waals surface area contributed by atoms with Gasteiger partial charge in [-0.15, -0.1) is 16.4 Å². The largest absolute Gasteiger partial charge is 0.416 e. The first-order chi connectivity index (χ1) is 17.6. The third-order valence-electron chi connectivity index (χ3n) is 5.57. The van der Waals surface area contributed by atoms with Crippen molar-refractivity contribution in [1.29, 1.82) is 0 Å². The standard InChI is InChI=1S/C23H23ClF3N5O4S/c1-36-10-9-31-20(16-7-8-17(24)37-16)30-32(22(31)35)12-18(33)29-19(21(34)28-15-5-6-15)13-3-2-4-14(11-13)23(25,26)27/h2-4,7-8,11,15,19H,5-6,9-10,12H2,1H3,(H,28,34)(H,29,33). The van der Waals surface area contributed by atoms with Gasteiger partial charge in [0.25, 0.3) is 0 Å². The Hall–Kier alpha value is -3.16. The van der Waals surface area contributed by atoms with Crippen LogP contribution in [0.15, 0.2) is 41.2 Å². The molecule has 1 atom stereocenters. The fraction of sp³-hybridized carbons (Fsp3) is 0.391. The second-order valence-electron chi connectivity index (χ2n) is 8.42. The SMILES string of the molecule is COCCn1c(-c2ccc(Cl)s2)nn(CC(=O)NC(C(=O)NC2CC2)c2cccc(C(F)(F)F)c2)c1=O. The molecule has 0 saturated heterocycles. The van der Waals surface area contributed by atoms with Crippen molar-refractivity contribution in [3.8, 4) is 10.7 Å². The molecule has 2 aromatic heterocycles. The van der Waals surface area contributed by atoms with Crippen LogP contribution in [0.5, 0.6) is 0 Å². The van der Waals surface area contributed by atoms with Gasteiger partial charge in [-0.05, 0) is 42.7 Å². The number of methoxy groups -OCH3 is 1. The molecule has 0 spiro atoms. The number of carbonyl (C=O) groups is 2. The summed E-state index contributed by atoms with van der Waals surface area (Å²) >= 11 is 7.22. The third-order valence-corrected chi connectivity index (χ3v) is 6.79. The normalized spacial score (nSPS) is 14.4. The quantitative estimate of drug-likeness (QED) is 0.398. The average Bonchev–Trinajstić information content (AvgIpc) is 3.47. The molecule has 2 N–H and O–H groups in total. The molecular formula is C23H23ClF3N5O4S. The van der Waals surface area contributed by atoms with Crippen molar-refractivity contribution < 1.29 is 27.5 Å². The number of alkyl halides is 3. The molecule has 1 saturated carbocycles. The van der Waals surface area contributed by atoms with Crippen molar-refractivity contribution in [2.24, 2.45) is 0 Å². The lowest BCUT2D eigenvalue weighted by Crippen LogP contribution is -2.43. The van der Waals surface area contributed by atoms with Crippen molar-refractivity contribution in [3.63, 3.8) is 0 Å². The number of benzene rings is 1. The van der Waals surface area contributed by atoms with Crippen LogP contribution in [-0.4, -0.2) is 45.9 Å². The number of halogens is 4. The molecule has 1 aliphatic rings. The Morgan fingerprint density at radius 1 is 1.27 bits per heavy atom. The fourth-order valence-electron chi connectivity index (χ4n) is 3.59. The maximum atomic E-state index is 13.3. The van der Waals surface area contributed by atoms with Gasteiger partial charge < -0.3 is 15.4 Å². The second kappa shape index (κ2) is 11.1. The van der Waals surface area contributed by atoms with E-state index >= 15 is 0 Å². The number of amides is 2. The van der Waals surface area contributed by atoms with Gasteiger partial charge in [-0.25, -0.2) is 9.48 Å². The van der Waals surface area contributed by atoms with Gasteiger partial charge in [0.1, 0.15) is 12.6 Å². The second-order valence-corrected chi connectivity index (χ2v) is 10.1. The summed E-state index contributed by atoms with van der Waals surface area (Å²) in [6.45, 7) is -0.182. The monoisotopic (exact) mass is 557 g/mol. The topological polar surface area (TPSA) is 107 Å². The number of hydrogen-bond donors (Lipinski definition) is 2. The molecular weight excluding hydrogens is 535 g/mol. The van der Waals surface area contributed by atoms with Gasteiger partial charge in [0.2, 0.25) is 11.8 Å². The highest BCUT2D eigenvalue weighted by molar-refractivity contribution is 7.19. The summed E-state index contributed by atoms with van der Waals surface area (Å²) in [6, 6.07) is 6.06. The molecule has 0 bridgehead atoms. The van der Waals surface area contributed by atoms with Crippen molar-refractivity contribution >= 4 is 34.8 Å². The minimum atomic E-state index is -4.62. The first-order valence-corrected chi connectivity index (χ1v) is 12.5. The Labute approximate surface area is 218 Å². The lowest BCUT2D eigenvalue weighted by molar-refractivity contribution is -0.137. The smallest absolute Gasteiger partial charge is 0.383 e. The molecule has 2 heterocycles. The van der Waals surface area contributed by atoms with E-state index in [-0.39, 0.29) is 30.6 Å². The van der Waals surface area contributed by atoms with Crippen molar-refractivity contribution in [2.45, 2.75) is 44.2 Å². The summed E-state index contributed by atoms with van der Waals surface area (Å²) < 4.78 is 47.6. The van der Waals surface area contributed by atoms with E-state index in [2.05, 4.69) is 15.7 Å². The number of thiophene rings is 1. The Morgan fingerprint density at radius 2 is 2.03 bits per heavy atom. The number of ether oxygens (including phenoxy) is 1. The van der Waals surface area contributed by atoms with Crippen molar-refractivity contribution in [1.82, 2.24) is 25.0 Å². The van der Waals surface area contributed by atoms with Crippen LogP contribution in [0, 0.1) is 0 Å². The summed E-state index contributed by atoms with van der Waals surface area (Å²) in [6.07, 6.45) is -3.13. The highest BCUT2D eigenvalue weighted by Gasteiger charge is 2.34. The number of rotatable bonds is 10. The zero-order valence-electron chi connectivity index (χ0n) is 19.5. The zero-order chi connectivity index (χ0) is 26.7. The maximum Gasteiger partial charge on any atom is 0.416 e. The van der Waals surface area contributed by atoms with Gasteiger partial charge in [-0.3, -0.25) is 14.2 Å². The molecule has 2 amide bonds. The fourth-order valence-corrected chi connectivity index (χ4v) is 4.63. The van der Waals surface area contributed by atoms with Gasteiger partial charge in [-0.1, -0.05) is 23.7 Å². The molecule has 1 fully saturated rings. The Bertz CT molecular complexity index is 1350. The number of nitrogens with zero attached hydrogens (tertiary/aromatic N) is 3. The first kappa shape index (κ1) is 26.9. The van der Waals surface area contributed by atoms with Crippen LogP contribution in [0.25, 0.3) is 10.7 Å². The van der Waals surface area contributed by atoms with Gasteiger partial charge in [0.05, 0.1) is 27.9 Å². The van der Waals surface area contributed by atoms with Crippen LogP contribution >= 0.6 is 22.9 Å². The van der Waals surface area contributed by atoms with E-state index in [1.54, 1.807) is 12.1 Å². The molecule has 1 aliphatic carbocycles. The molecule has 198 valence electrons. The van der Waals surface area contributed by atoms with Crippen molar-refractivity contribution in [3.05, 3.63) is 62.3 Å². The van der Waals surface area contributed by atoms with E-state index in [9.17, 15) is 27.6 Å². The highest BCUT2D eigenvalue weighted by atomic mass is 35.5. The molecule has 37 heavy (non-hydrogen) atoms. The molecule has 1 aromatic carbocycles. The lowest BCUT2D eigenvalue weighted by atomic mass is 10.0. The Balaban J connectivity index is 1.59. The number of aromatic nitrogens is 3. The summed E-state index contributed by atoms with van der Waals surface area (Å²) in [7, 11) is 1.48. The van der Waals surface area contributed by atoms with Gasteiger partial charge >= 0.3 is 11.9 Å². The molecule has 3 aromatic rings.